The maximum absolute atomic E-state index is 12.5. The molecule has 6 heteroatoms. The molecule has 24 heavy (non-hydrogen) atoms. The maximum Gasteiger partial charge on any atom is 0.272 e. The van der Waals surface area contributed by atoms with Crippen LogP contribution in [-0.2, 0) is 0 Å². The van der Waals surface area contributed by atoms with E-state index < -0.39 is 0 Å². The van der Waals surface area contributed by atoms with Crippen LogP contribution in [-0.4, -0.2) is 34.4 Å². The molecule has 128 valence electrons. The van der Waals surface area contributed by atoms with E-state index in [1.54, 1.807) is 18.0 Å². The molecule has 0 fully saturated rings. The van der Waals surface area contributed by atoms with Crippen LogP contribution in [0.1, 0.15) is 41.5 Å². The first-order chi connectivity index (χ1) is 11.4. The summed E-state index contributed by atoms with van der Waals surface area (Å²) in [5.41, 5.74) is 3.19. The largest absolute Gasteiger partial charge is 0.340 e. The van der Waals surface area contributed by atoms with Crippen molar-refractivity contribution in [2.24, 2.45) is 0 Å². The number of nitrogens with one attached hydrogen (secondary N) is 1. The predicted octanol–water partition coefficient (Wildman–Crippen LogP) is 4.47. The lowest BCUT2D eigenvalue weighted by Gasteiger charge is -2.17. The quantitative estimate of drug-likeness (QED) is 0.789. The molecule has 2 rings (SSSR count). The Kier molecular flexibility index (Phi) is 6.31. The van der Waals surface area contributed by atoms with Crippen LogP contribution in [0, 0.1) is 13.8 Å². The molecule has 0 spiro atoms. The number of benzene rings is 1. The molecule has 0 bridgehead atoms. The van der Waals surface area contributed by atoms with Crippen molar-refractivity contribution in [2.45, 2.75) is 33.6 Å². The fraction of sp³-hybridized carbons (Fsp3) is 0.389. The van der Waals surface area contributed by atoms with Crippen molar-refractivity contribution in [3.8, 4) is 0 Å². The number of hydrogen-bond donors (Lipinski definition) is 1. The molecule has 5 nitrogen and oxygen atoms in total. The average Bonchev–Trinajstić information content (AvgIpc) is 2.54. The topological polar surface area (TPSA) is 58.1 Å². The van der Waals surface area contributed by atoms with Crippen LogP contribution in [0.15, 0.2) is 28.7 Å². The highest BCUT2D eigenvalue weighted by molar-refractivity contribution is 9.10. The first-order valence-corrected chi connectivity index (χ1v) is 8.84. The number of halogens is 1. The minimum Gasteiger partial charge on any atom is -0.340 e. The summed E-state index contributed by atoms with van der Waals surface area (Å²) in [4.78, 5) is 23.0. The zero-order chi connectivity index (χ0) is 17.7. The van der Waals surface area contributed by atoms with E-state index in [4.69, 9.17) is 0 Å². The molecule has 0 aliphatic carbocycles. The first-order valence-electron chi connectivity index (χ1n) is 8.05. The number of anilines is 2. The smallest absolute Gasteiger partial charge is 0.272 e. The molecule has 0 saturated heterocycles. The van der Waals surface area contributed by atoms with Gasteiger partial charge in [-0.2, -0.15) is 0 Å². The second-order valence-electron chi connectivity index (χ2n) is 5.89. The van der Waals surface area contributed by atoms with E-state index in [0.29, 0.717) is 11.6 Å². The van der Waals surface area contributed by atoms with Gasteiger partial charge in [-0.1, -0.05) is 35.3 Å². The van der Waals surface area contributed by atoms with Gasteiger partial charge in [-0.25, -0.2) is 9.97 Å². The van der Waals surface area contributed by atoms with Crippen LogP contribution in [0.25, 0.3) is 0 Å². The van der Waals surface area contributed by atoms with Gasteiger partial charge in [-0.3, -0.25) is 4.79 Å². The normalized spacial score (nSPS) is 10.5. The second kappa shape index (κ2) is 8.24. The number of carbonyl (C=O) groups is 1. The molecule has 0 saturated carbocycles. The van der Waals surface area contributed by atoms with Gasteiger partial charge >= 0.3 is 0 Å². The summed E-state index contributed by atoms with van der Waals surface area (Å²) in [5, 5.41) is 3.17. The van der Waals surface area contributed by atoms with Crippen LogP contribution >= 0.6 is 15.9 Å². The van der Waals surface area contributed by atoms with Crippen molar-refractivity contribution >= 4 is 33.5 Å². The lowest BCUT2D eigenvalue weighted by atomic mass is 10.2. The summed E-state index contributed by atoms with van der Waals surface area (Å²) >= 11 is 3.51. The molecule has 1 amide bonds. The number of aryl methyl sites for hydroxylation is 2. The van der Waals surface area contributed by atoms with E-state index in [1.807, 2.05) is 32.0 Å². The Morgan fingerprint density at radius 2 is 2.00 bits per heavy atom. The molecule has 1 N–H and O–H groups in total. The molecule has 1 heterocycles. The van der Waals surface area contributed by atoms with Crippen molar-refractivity contribution < 1.29 is 4.79 Å². The van der Waals surface area contributed by atoms with Crippen LogP contribution in [0.4, 0.5) is 11.6 Å². The molecular weight excluding hydrogens is 368 g/mol. The minimum atomic E-state index is -0.0814. The summed E-state index contributed by atoms with van der Waals surface area (Å²) in [6.07, 6.45) is 2.03. The molecule has 0 atom stereocenters. The highest BCUT2D eigenvalue weighted by atomic mass is 79.9. The maximum atomic E-state index is 12.5. The lowest BCUT2D eigenvalue weighted by Crippen LogP contribution is -2.28. The summed E-state index contributed by atoms with van der Waals surface area (Å²) in [6.45, 7) is 6.72. The van der Waals surface area contributed by atoms with E-state index >= 15 is 0 Å². The van der Waals surface area contributed by atoms with Gasteiger partial charge in [-0.15, -0.1) is 0 Å². The summed E-state index contributed by atoms with van der Waals surface area (Å²) in [7, 11) is 1.81. The number of aromatic nitrogens is 2. The second-order valence-corrected chi connectivity index (χ2v) is 6.74. The Bertz CT molecular complexity index is 733. The fourth-order valence-corrected chi connectivity index (χ4v) is 2.60. The SMILES string of the molecule is CCCCN(C)C(=O)c1cc(C)nc(Nc2ccc(C)c(Br)c2)n1. The Labute approximate surface area is 151 Å². The summed E-state index contributed by atoms with van der Waals surface area (Å²) in [5.74, 6) is 0.347. The van der Waals surface area contributed by atoms with Crippen LogP contribution in [0.2, 0.25) is 0 Å². The molecular formula is C18H23BrN4O. The third-order valence-corrected chi connectivity index (χ3v) is 4.55. The van der Waals surface area contributed by atoms with Gasteiger partial charge in [0, 0.05) is 29.4 Å². The van der Waals surface area contributed by atoms with Gasteiger partial charge in [0.25, 0.3) is 5.91 Å². The lowest BCUT2D eigenvalue weighted by molar-refractivity contribution is 0.0787. The number of amides is 1. The molecule has 0 unspecified atom stereocenters. The molecule has 1 aromatic heterocycles. The zero-order valence-electron chi connectivity index (χ0n) is 14.6. The Balaban J connectivity index is 2.21. The standard InChI is InChI=1S/C18H23BrN4O/c1-5-6-9-23(4)17(24)16-10-13(3)20-18(22-16)21-14-8-7-12(2)15(19)11-14/h7-8,10-11H,5-6,9H2,1-4H3,(H,20,21,22). The Hall–Kier alpha value is -1.95. The predicted molar refractivity (Wildman–Crippen MR) is 101 cm³/mol. The van der Waals surface area contributed by atoms with Crippen LogP contribution in [0.5, 0.6) is 0 Å². The van der Waals surface area contributed by atoms with Gasteiger partial charge in [0.2, 0.25) is 5.95 Å². The number of nitrogens with zero attached hydrogens (tertiary/aromatic N) is 3. The first kappa shape index (κ1) is 18.4. The number of carbonyl (C=O) groups excluding carboxylic acids is 1. The number of unbranched alkanes of at least 4 members (excludes halogenated alkanes) is 1. The molecule has 2 aromatic rings. The van der Waals surface area contributed by atoms with Crippen LogP contribution < -0.4 is 5.32 Å². The third-order valence-electron chi connectivity index (χ3n) is 3.70. The highest BCUT2D eigenvalue weighted by Gasteiger charge is 2.15. The zero-order valence-corrected chi connectivity index (χ0v) is 16.1. The highest BCUT2D eigenvalue weighted by Crippen LogP contribution is 2.22. The van der Waals surface area contributed by atoms with E-state index in [-0.39, 0.29) is 5.91 Å². The van der Waals surface area contributed by atoms with Gasteiger partial charge in [0.1, 0.15) is 5.69 Å². The Morgan fingerprint density at radius 1 is 1.25 bits per heavy atom. The van der Waals surface area contributed by atoms with Crippen molar-refractivity contribution in [3.63, 3.8) is 0 Å². The molecule has 0 aliphatic rings. The minimum absolute atomic E-state index is 0.0814. The van der Waals surface area contributed by atoms with Gasteiger partial charge in [0.05, 0.1) is 0 Å². The van der Waals surface area contributed by atoms with Crippen molar-refractivity contribution in [2.75, 3.05) is 18.9 Å². The average molecular weight is 391 g/mol. The summed E-state index contributed by atoms with van der Waals surface area (Å²) < 4.78 is 1.01. The van der Waals surface area contributed by atoms with Gasteiger partial charge in [0.15, 0.2) is 0 Å². The number of rotatable bonds is 6. The van der Waals surface area contributed by atoms with E-state index in [0.717, 1.165) is 40.8 Å². The van der Waals surface area contributed by atoms with Gasteiger partial charge in [-0.05, 0) is 44.0 Å². The van der Waals surface area contributed by atoms with E-state index in [1.165, 1.54) is 0 Å². The third kappa shape index (κ3) is 4.77. The van der Waals surface area contributed by atoms with Gasteiger partial charge < -0.3 is 10.2 Å². The molecule has 1 aromatic carbocycles. The molecule has 0 aliphatic heterocycles. The van der Waals surface area contributed by atoms with E-state index in [9.17, 15) is 4.79 Å². The Morgan fingerprint density at radius 3 is 2.67 bits per heavy atom. The van der Waals surface area contributed by atoms with Crippen molar-refractivity contribution in [1.82, 2.24) is 14.9 Å². The molecule has 0 radical (unpaired) electrons. The fourth-order valence-electron chi connectivity index (χ4n) is 2.23. The van der Waals surface area contributed by atoms with Crippen molar-refractivity contribution in [1.29, 1.82) is 0 Å². The van der Waals surface area contributed by atoms with E-state index in [2.05, 4.69) is 38.1 Å². The summed E-state index contributed by atoms with van der Waals surface area (Å²) in [6, 6.07) is 7.66. The number of hydrogen-bond acceptors (Lipinski definition) is 4. The monoisotopic (exact) mass is 390 g/mol. The van der Waals surface area contributed by atoms with Crippen LogP contribution in [0.3, 0.4) is 0 Å². The van der Waals surface area contributed by atoms with Crippen molar-refractivity contribution in [3.05, 3.63) is 45.7 Å².